The maximum atomic E-state index is 13.1. The molecule has 0 unspecified atom stereocenters. The predicted octanol–water partition coefficient (Wildman–Crippen LogP) is 5.77. The van der Waals surface area contributed by atoms with Crippen LogP contribution in [0.25, 0.3) is 0 Å². The number of hydrogen-bond acceptors (Lipinski definition) is 6. The van der Waals surface area contributed by atoms with Gasteiger partial charge in [-0.05, 0) is 37.3 Å². The number of rotatable bonds is 7. The van der Waals surface area contributed by atoms with E-state index in [2.05, 4.69) is 22.1 Å². The van der Waals surface area contributed by atoms with Crippen molar-refractivity contribution in [1.29, 1.82) is 0 Å². The van der Waals surface area contributed by atoms with Crippen LogP contribution in [-0.4, -0.2) is 32.5 Å². The van der Waals surface area contributed by atoms with Gasteiger partial charge in [0.05, 0.1) is 15.8 Å². The highest BCUT2D eigenvalue weighted by molar-refractivity contribution is 8.00. The molecule has 0 fully saturated rings. The first-order valence-corrected chi connectivity index (χ1v) is 11.7. The predicted molar refractivity (Wildman–Crippen MR) is 126 cm³/mol. The molecule has 1 aliphatic heterocycles. The molecule has 1 N–H and O–H groups in total. The Kier molecular flexibility index (Phi) is 7.27. The van der Waals surface area contributed by atoms with Gasteiger partial charge in [-0.15, -0.1) is 16.8 Å². The van der Waals surface area contributed by atoms with Gasteiger partial charge in [0.2, 0.25) is 5.91 Å². The van der Waals surface area contributed by atoms with Crippen LogP contribution in [0.4, 0.5) is 18.9 Å². The first-order valence-electron chi connectivity index (χ1n) is 10.4. The van der Waals surface area contributed by atoms with Gasteiger partial charge in [0.25, 0.3) is 0 Å². The molecule has 1 aromatic heterocycles. The van der Waals surface area contributed by atoms with Crippen LogP contribution >= 0.6 is 23.4 Å². The molecule has 3 aromatic rings. The minimum atomic E-state index is -4.64. The van der Waals surface area contributed by atoms with E-state index >= 15 is 0 Å². The van der Waals surface area contributed by atoms with Crippen molar-refractivity contribution in [3.8, 4) is 11.5 Å². The number of carbonyl (C=O) groups is 1. The summed E-state index contributed by atoms with van der Waals surface area (Å²) in [6, 6.07) is 10.5. The van der Waals surface area contributed by atoms with E-state index in [-0.39, 0.29) is 12.3 Å². The highest BCUT2D eigenvalue weighted by atomic mass is 35.5. The van der Waals surface area contributed by atoms with Crippen molar-refractivity contribution in [3.63, 3.8) is 0 Å². The molecule has 2 aromatic carbocycles. The molecule has 7 nitrogen and oxygen atoms in total. The molecule has 12 heteroatoms. The zero-order valence-corrected chi connectivity index (χ0v) is 20.0. The molecule has 1 amide bonds. The van der Waals surface area contributed by atoms with Crippen LogP contribution in [-0.2, 0) is 17.5 Å². The fraction of sp³-hybridized carbons (Fsp3) is 0.261. The molecule has 0 radical (unpaired) electrons. The van der Waals surface area contributed by atoms with Gasteiger partial charge in [-0.1, -0.05) is 41.6 Å². The Morgan fingerprint density at radius 1 is 1.31 bits per heavy atom. The summed E-state index contributed by atoms with van der Waals surface area (Å²) in [7, 11) is 0. The molecule has 4 rings (SSSR count). The van der Waals surface area contributed by atoms with Crippen LogP contribution in [0.1, 0.15) is 24.4 Å². The van der Waals surface area contributed by atoms with E-state index in [0.717, 1.165) is 23.9 Å². The summed E-state index contributed by atoms with van der Waals surface area (Å²) in [5.41, 5.74) is -1.04. The lowest BCUT2D eigenvalue weighted by atomic mass is 10.2. The van der Waals surface area contributed by atoms with Crippen molar-refractivity contribution in [3.05, 3.63) is 71.5 Å². The number of amides is 1. The topological polar surface area (TPSA) is 78.3 Å². The molecular formula is C23H20ClF3N4O3S. The Morgan fingerprint density at radius 3 is 2.77 bits per heavy atom. The number of nitrogens with zero attached hydrogens (tertiary/aromatic N) is 3. The number of para-hydroxylation sites is 2. The molecule has 35 heavy (non-hydrogen) atoms. The fourth-order valence-electron chi connectivity index (χ4n) is 3.35. The summed E-state index contributed by atoms with van der Waals surface area (Å²) in [4.78, 5) is 12.7. The van der Waals surface area contributed by atoms with E-state index in [1.54, 1.807) is 29.7 Å². The Morgan fingerprint density at radius 2 is 2.06 bits per heavy atom. The summed E-state index contributed by atoms with van der Waals surface area (Å²) < 4.78 is 52.9. The minimum Gasteiger partial charge on any atom is -0.485 e. The molecule has 1 aliphatic rings. The number of thioether (sulfide) groups is 1. The van der Waals surface area contributed by atoms with Gasteiger partial charge >= 0.3 is 6.18 Å². The first-order chi connectivity index (χ1) is 16.7. The second-order valence-electron chi connectivity index (χ2n) is 7.55. The second-order valence-corrected chi connectivity index (χ2v) is 9.26. The number of hydrogen-bond donors (Lipinski definition) is 1. The molecule has 0 aliphatic carbocycles. The second kappa shape index (κ2) is 10.2. The van der Waals surface area contributed by atoms with Crippen molar-refractivity contribution in [2.24, 2.45) is 0 Å². The Balaban J connectivity index is 1.49. The van der Waals surface area contributed by atoms with Crippen LogP contribution in [0, 0.1) is 0 Å². The van der Waals surface area contributed by atoms with E-state index in [0.29, 0.717) is 29.0 Å². The number of benzene rings is 2. The Bertz CT molecular complexity index is 1250. The number of alkyl halides is 3. The van der Waals surface area contributed by atoms with Gasteiger partial charge in [-0.2, -0.15) is 13.2 Å². The quantitative estimate of drug-likeness (QED) is 0.312. The molecule has 0 spiro atoms. The van der Waals surface area contributed by atoms with Crippen LogP contribution in [0.15, 0.2) is 60.3 Å². The number of carbonyl (C=O) groups excluding carboxylic acids is 1. The third-order valence-corrected chi connectivity index (χ3v) is 6.45. The summed E-state index contributed by atoms with van der Waals surface area (Å²) in [5.74, 6) is 1.21. The summed E-state index contributed by atoms with van der Waals surface area (Å²) in [6.45, 7) is 5.96. The fourth-order valence-corrected chi connectivity index (χ4v) is 4.44. The smallest absolute Gasteiger partial charge is 0.417 e. The molecule has 0 bridgehead atoms. The number of fused-ring (bicyclic) bond motifs is 1. The van der Waals surface area contributed by atoms with Crippen LogP contribution in [0.2, 0.25) is 5.02 Å². The first kappa shape index (κ1) is 24.9. The lowest BCUT2D eigenvalue weighted by molar-refractivity contribution is -0.137. The monoisotopic (exact) mass is 524 g/mol. The zero-order valence-electron chi connectivity index (χ0n) is 18.4. The molecular weight excluding hydrogens is 505 g/mol. The molecule has 2 heterocycles. The van der Waals surface area contributed by atoms with Crippen LogP contribution < -0.4 is 14.8 Å². The number of anilines is 1. The highest BCUT2D eigenvalue weighted by Crippen LogP contribution is 2.38. The number of allylic oxidation sites excluding steroid dienone is 1. The van der Waals surface area contributed by atoms with Gasteiger partial charge in [-0.3, -0.25) is 9.36 Å². The van der Waals surface area contributed by atoms with Crippen molar-refractivity contribution in [2.75, 3.05) is 11.9 Å². The van der Waals surface area contributed by atoms with Crippen molar-refractivity contribution < 1.29 is 27.4 Å². The van der Waals surface area contributed by atoms with Crippen molar-refractivity contribution >= 4 is 35.0 Å². The zero-order chi connectivity index (χ0) is 25.2. The van der Waals surface area contributed by atoms with E-state index in [9.17, 15) is 18.0 Å². The van der Waals surface area contributed by atoms with Crippen molar-refractivity contribution in [1.82, 2.24) is 14.8 Å². The van der Waals surface area contributed by atoms with Crippen molar-refractivity contribution in [2.45, 2.75) is 36.2 Å². The van der Waals surface area contributed by atoms with E-state index in [1.165, 1.54) is 6.07 Å². The average Bonchev–Trinajstić information content (AvgIpc) is 3.21. The van der Waals surface area contributed by atoms with Gasteiger partial charge in [0.15, 0.2) is 28.6 Å². The van der Waals surface area contributed by atoms with Gasteiger partial charge in [0, 0.05) is 12.2 Å². The lowest BCUT2D eigenvalue weighted by Crippen LogP contribution is -2.25. The maximum Gasteiger partial charge on any atom is 0.417 e. The number of ether oxygens (including phenoxy) is 2. The maximum absolute atomic E-state index is 13.1. The van der Waals surface area contributed by atoms with Gasteiger partial charge < -0.3 is 14.8 Å². The summed E-state index contributed by atoms with van der Waals surface area (Å²) in [6.07, 6.45) is -3.50. The molecule has 0 saturated carbocycles. The standard InChI is InChI=1S/C23H20ClF3N4O3S/c1-3-10-31-20(19-12-33-17-6-4-5-7-18(17)34-19)29-30-22(31)35-13(2)21(32)28-14-8-9-16(24)15(11-14)23(25,26)27/h3-9,11,13,19H,1,10,12H2,2H3,(H,28,32)/t13-,19+/m1/s1. The van der Waals surface area contributed by atoms with E-state index in [1.807, 2.05) is 12.1 Å². The Labute approximate surface area is 208 Å². The molecule has 0 saturated heterocycles. The number of aromatic nitrogens is 3. The van der Waals surface area contributed by atoms with Gasteiger partial charge in [-0.25, -0.2) is 0 Å². The van der Waals surface area contributed by atoms with Crippen LogP contribution in [0.5, 0.6) is 11.5 Å². The summed E-state index contributed by atoms with van der Waals surface area (Å²) in [5, 5.41) is 10.2. The highest BCUT2D eigenvalue weighted by Gasteiger charge is 2.34. The third kappa shape index (κ3) is 5.57. The third-order valence-electron chi connectivity index (χ3n) is 5.04. The number of halogens is 4. The Hall–Kier alpha value is -3.18. The van der Waals surface area contributed by atoms with Gasteiger partial charge in [0.1, 0.15) is 6.61 Å². The van der Waals surface area contributed by atoms with E-state index < -0.39 is 34.0 Å². The number of nitrogens with one attached hydrogen (secondary N) is 1. The largest absolute Gasteiger partial charge is 0.485 e. The normalized spacial score (nSPS) is 16.0. The SMILES string of the molecule is C=CCn1c(S[C@H](C)C(=O)Nc2ccc(Cl)c(C(F)(F)F)c2)nnc1[C@@H]1COc2ccccc2O1. The van der Waals surface area contributed by atoms with Crippen LogP contribution in [0.3, 0.4) is 0 Å². The summed E-state index contributed by atoms with van der Waals surface area (Å²) >= 11 is 6.75. The lowest BCUT2D eigenvalue weighted by Gasteiger charge is -2.26. The van der Waals surface area contributed by atoms with E-state index in [4.69, 9.17) is 21.1 Å². The minimum absolute atomic E-state index is 0.0150. The molecule has 184 valence electrons. The molecule has 2 atom stereocenters. The average molecular weight is 525 g/mol.